The first-order chi connectivity index (χ1) is 9.61. The van der Waals surface area contributed by atoms with Gasteiger partial charge in [-0.3, -0.25) is 0 Å². The molecule has 0 radical (unpaired) electrons. The summed E-state index contributed by atoms with van der Waals surface area (Å²) in [5.74, 6) is -1.96. The maximum absolute atomic E-state index is 11.8. The van der Waals surface area contributed by atoms with Crippen LogP contribution >= 0.6 is 0 Å². The molecule has 6 nitrogen and oxygen atoms in total. The summed E-state index contributed by atoms with van der Waals surface area (Å²) in [6.45, 7) is 11.6. The van der Waals surface area contributed by atoms with Crippen molar-refractivity contribution in [3.63, 3.8) is 0 Å². The summed E-state index contributed by atoms with van der Waals surface area (Å²) in [4.78, 5) is 11.8. The van der Waals surface area contributed by atoms with Crippen LogP contribution in [0.1, 0.15) is 41.5 Å². The van der Waals surface area contributed by atoms with E-state index in [0.717, 1.165) is 0 Å². The van der Waals surface area contributed by atoms with E-state index in [-0.39, 0.29) is 13.2 Å². The third-order valence-electron chi connectivity index (χ3n) is 4.15. The van der Waals surface area contributed by atoms with Gasteiger partial charge in [-0.25, -0.2) is 4.79 Å². The van der Waals surface area contributed by atoms with E-state index >= 15 is 0 Å². The van der Waals surface area contributed by atoms with Crippen molar-refractivity contribution in [1.82, 2.24) is 0 Å². The van der Waals surface area contributed by atoms with Gasteiger partial charge in [0, 0.05) is 12.4 Å². The van der Waals surface area contributed by atoms with Gasteiger partial charge in [-0.15, -0.1) is 0 Å². The van der Waals surface area contributed by atoms with Crippen LogP contribution in [0.25, 0.3) is 0 Å². The topological polar surface area (TPSA) is 63.2 Å². The number of esters is 1. The molecule has 0 spiro atoms. The van der Waals surface area contributed by atoms with Crippen LogP contribution in [0.2, 0.25) is 0 Å². The molecule has 0 amide bonds. The maximum Gasteiger partial charge on any atom is 0.496 e. The number of hydrogen-bond donors (Lipinski definition) is 0. The van der Waals surface area contributed by atoms with Crippen LogP contribution in [-0.2, 0) is 28.3 Å². The lowest BCUT2D eigenvalue weighted by Crippen LogP contribution is -2.45. The van der Waals surface area contributed by atoms with Crippen molar-refractivity contribution in [3.05, 3.63) is 11.7 Å². The predicted molar refractivity (Wildman–Crippen MR) is 76.2 cm³/mol. The predicted octanol–water partition coefficient (Wildman–Crippen LogP) is 1.83. The molecule has 2 heterocycles. The van der Waals surface area contributed by atoms with Crippen LogP contribution in [0, 0.1) is 0 Å². The summed E-state index contributed by atoms with van der Waals surface area (Å²) in [5, 5.41) is 0. The Morgan fingerprint density at radius 2 is 1.81 bits per heavy atom. The van der Waals surface area contributed by atoms with Gasteiger partial charge < -0.3 is 23.5 Å². The van der Waals surface area contributed by atoms with Gasteiger partial charge in [0.05, 0.1) is 30.7 Å². The highest BCUT2D eigenvalue weighted by molar-refractivity contribution is 6.54. The third kappa shape index (κ3) is 2.95. The number of rotatable bonds is 3. The van der Waals surface area contributed by atoms with E-state index in [1.165, 1.54) is 13.2 Å². The molecule has 2 aliphatic heterocycles. The average Bonchev–Trinajstić information content (AvgIpc) is 2.59. The first-order valence-electron chi connectivity index (χ1n) is 7.15. The fourth-order valence-electron chi connectivity index (χ4n) is 1.96. The van der Waals surface area contributed by atoms with E-state index in [0.29, 0.717) is 5.47 Å². The largest absolute Gasteiger partial charge is 0.496 e. The molecule has 118 valence electrons. The second-order valence-electron chi connectivity index (χ2n) is 6.35. The first-order valence-corrected chi connectivity index (χ1v) is 7.15. The summed E-state index contributed by atoms with van der Waals surface area (Å²) in [6, 6.07) is 0. The van der Waals surface area contributed by atoms with Crippen LogP contribution in [0.15, 0.2) is 11.7 Å². The van der Waals surface area contributed by atoms with Crippen LogP contribution in [0.4, 0.5) is 0 Å². The number of carbonyl (C=O) groups is 1. The van der Waals surface area contributed by atoms with Crippen LogP contribution in [-0.4, -0.2) is 43.3 Å². The number of ether oxygens (including phenoxy) is 3. The fourth-order valence-corrected chi connectivity index (χ4v) is 1.96. The minimum Gasteiger partial charge on any atom is -0.461 e. The van der Waals surface area contributed by atoms with Crippen molar-refractivity contribution in [1.29, 1.82) is 0 Å². The molecule has 0 bridgehead atoms. The minimum absolute atomic E-state index is 0.187. The standard InChI is InChI=1S/C14H23BO6/c1-7-17-11(16)14(6)18-8-10(9-19-14)15-20-12(2,3)13(4,5)21-15/h8H,7,9H2,1-6H3/t14-/m0/s1. The van der Waals surface area contributed by atoms with E-state index < -0.39 is 30.1 Å². The quantitative estimate of drug-likeness (QED) is 0.585. The highest BCUT2D eigenvalue weighted by atomic mass is 16.7. The lowest BCUT2D eigenvalue weighted by Gasteiger charge is -2.32. The van der Waals surface area contributed by atoms with Gasteiger partial charge in [-0.05, 0) is 34.6 Å². The highest BCUT2D eigenvalue weighted by Gasteiger charge is 2.54. The van der Waals surface area contributed by atoms with Gasteiger partial charge in [0.2, 0.25) is 0 Å². The van der Waals surface area contributed by atoms with Crippen molar-refractivity contribution >= 4 is 13.1 Å². The molecule has 1 atom stereocenters. The molecule has 0 aromatic heterocycles. The summed E-state index contributed by atoms with van der Waals surface area (Å²) < 4.78 is 27.7. The Kier molecular flexibility index (Phi) is 4.12. The number of carbonyl (C=O) groups excluding carboxylic acids is 1. The van der Waals surface area contributed by atoms with E-state index in [9.17, 15) is 4.79 Å². The monoisotopic (exact) mass is 298 g/mol. The molecule has 2 rings (SSSR count). The van der Waals surface area contributed by atoms with Crippen molar-refractivity contribution in [3.8, 4) is 0 Å². The highest BCUT2D eigenvalue weighted by Crippen LogP contribution is 2.39. The van der Waals surface area contributed by atoms with Crippen molar-refractivity contribution in [2.45, 2.75) is 58.5 Å². The summed E-state index contributed by atoms with van der Waals surface area (Å²) >= 11 is 0. The van der Waals surface area contributed by atoms with E-state index in [4.69, 9.17) is 23.5 Å². The Morgan fingerprint density at radius 3 is 2.24 bits per heavy atom. The van der Waals surface area contributed by atoms with Crippen LogP contribution in [0.3, 0.4) is 0 Å². The van der Waals surface area contributed by atoms with Gasteiger partial charge in [0.25, 0.3) is 0 Å². The van der Waals surface area contributed by atoms with Crippen molar-refractivity contribution in [2.24, 2.45) is 0 Å². The minimum atomic E-state index is -1.41. The van der Waals surface area contributed by atoms with Crippen molar-refractivity contribution in [2.75, 3.05) is 13.2 Å². The van der Waals surface area contributed by atoms with E-state index in [1.807, 2.05) is 27.7 Å². The second-order valence-corrected chi connectivity index (χ2v) is 6.35. The molecule has 0 N–H and O–H groups in total. The fraction of sp³-hybridized carbons (Fsp3) is 0.786. The summed E-state index contributed by atoms with van der Waals surface area (Å²) in [6.07, 6.45) is 1.47. The van der Waals surface area contributed by atoms with Gasteiger partial charge in [0.1, 0.15) is 0 Å². The molecule has 1 fully saturated rings. The lowest BCUT2D eigenvalue weighted by atomic mass is 9.79. The molecule has 21 heavy (non-hydrogen) atoms. The molecule has 0 saturated carbocycles. The Morgan fingerprint density at radius 1 is 1.24 bits per heavy atom. The Hall–Kier alpha value is -1.05. The second kappa shape index (κ2) is 5.30. The van der Waals surface area contributed by atoms with Gasteiger partial charge >= 0.3 is 18.9 Å². The zero-order valence-electron chi connectivity index (χ0n) is 13.5. The zero-order chi connectivity index (χ0) is 15.9. The smallest absolute Gasteiger partial charge is 0.461 e. The number of hydrogen-bond acceptors (Lipinski definition) is 6. The van der Waals surface area contributed by atoms with Gasteiger partial charge in [0.15, 0.2) is 0 Å². The van der Waals surface area contributed by atoms with Crippen molar-refractivity contribution < 1.29 is 28.3 Å². The molecule has 0 unspecified atom stereocenters. The Balaban J connectivity index is 2.06. The van der Waals surface area contributed by atoms with Gasteiger partial charge in [-0.2, -0.15) is 0 Å². The maximum atomic E-state index is 11.8. The van der Waals surface area contributed by atoms with Crippen LogP contribution in [0.5, 0.6) is 0 Å². The third-order valence-corrected chi connectivity index (χ3v) is 4.15. The SMILES string of the molecule is CCOC(=O)[C@@]1(C)OC=C(B2OC(C)(C)C(C)(C)O2)CO1. The summed E-state index contributed by atoms with van der Waals surface area (Å²) in [5.41, 5.74) is -0.156. The molecular formula is C14H23BO6. The Bertz CT molecular complexity index is 442. The Labute approximate surface area is 125 Å². The first kappa shape index (κ1) is 16.3. The molecule has 0 aromatic rings. The normalized spacial score (nSPS) is 30.6. The summed E-state index contributed by atoms with van der Waals surface area (Å²) in [7, 11) is -0.540. The molecular weight excluding hydrogens is 275 g/mol. The van der Waals surface area contributed by atoms with Crippen LogP contribution < -0.4 is 0 Å². The molecule has 1 saturated heterocycles. The zero-order valence-corrected chi connectivity index (χ0v) is 13.5. The average molecular weight is 298 g/mol. The van der Waals surface area contributed by atoms with E-state index in [1.54, 1.807) is 6.92 Å². The van der Waals surface area contributed by atoms with E-state index in [2.05, 4.69) is 0 Å². The molecule has 7 heteroatoms. The lowest BCUT2D eigenvalue weighted by molar-refractivity contribution is -0.226. The molecule has 2 aliphatic rings. The molecule has 0 aromatic carbocycles. The van der Waals surface area contributed by atoms with Gasteiger partial charge in [-0.1, -0.05) is 0 Å². The molecule has 0 aliphatic carbocycles.